The number of nitrogens with zero attached hydrogens (tertiary/aromatic N) is 1. The SMILES string of the molecule is CC1CCC(=NNC(=O)[C@@H](C)Oc2ccc(-c3ccccc3)cc2)CC1. The average molecular weight is 350 g/mol. The van der Waals surface area contributed by atoms with E-state index >= 15 is 0 Å². The number of hydrazone groups is 1. The van der Waals surface area contributed by atoms with Crippen LogP contribution in [0.4, 0.5) is 0 Å². The maximum Gasteiger partial charge on any atom is 0.280 e. The zero-order chi connectivity index (χ0) is 18.4. The van der Waals surface area contributed by atoms with Crippen molar-refractivity contribution >= 4 is 11.6 Å². The Labute approximate surface area is 155 Å². The second-order valence-electron chi connectivity index (χ2n) is 6.99. The highest BCUT2D eigenvalue weighted by Gasteiger charge is 2.17. The van der Waals surface area contributed by atoms with E-state index in [1.54, 1.807) is 6.92 Å². The predicted molar refractivity (Wildman–Crippen MR) is 105 cm³/mol. The van der Waals surface area contributed by atoms with E-state index in [2.05, 4.69) is 29.6 Å². The Hall–Kier alpha value is -2.62. The molecule has 2 aromatic rings. The van der Waals surface area contributed by atoms with Gasteiger partial charge in [-0.1, -0.05) is 49.4 Å². The highest BCUT2D eigenvalue weighted by molar-refractivity contribution is 5.87. The molecule has 1 fully saturated rings. The highest BCUT2D eigenvalue weighted by Crippen LogP contribution is 2.23. The first kappa shape index (κ1) is 18.2. The van der Waals surface area contributed by atoms with Gasteiger partial charge in [-0.3, -0.25) is 4.79 Å². The third-order valence-electron chi connectivity index (χ3n) is 4.82. The van der Waals surface area contributed by atoms with Gasteiger partial charge in [-0.15, -0.1) is 0 Å². The topological polar surface area (TPSA) is 50.7 Å². The number of nitrogens with one attached hydrogen (secondary N) is 1. The molecule has 4 nitrogen and oxygen atoms in total. The maximum atomic E-state index is 12.2. The molecule has 0 bridgehead atoms. The second-order valence-corrected chi connectivity index (χ2v) is 6.99. The fourth-order valence-electron chi connectivity index (χ4n) is 3.05. The predicted octanol–water partition coefficient (Wildman–Crippen LogP) is 4.80. The molecule has 0 aliphatic heterocycles. The number of carbonyl (C=O) groups excluding carboxylic acids is 1. The van der Waals surface area contributed by atoms with E-state index in [1.807, 2.05) is 42.5 Å². The van der Waals surface area contributed by atoms with Crippen LogP contribution < -0.4 is 10.2 Å². The first-order valence-electron chi connectivity index (χ1n) is 9.29. The lowest BCUT2D eigenvalue weighted by Gasteiger charge is -2.19. The molecule has 0 radical (unpaired) electrons. The molecule has 2 aromatic carbocycles. The van der Waals surface area contributed by atoms with Crippen molar-refractivity contribution in [1.29, 1.82) is 0 Å². The van der Waals surface area contributed by atoms with Gasteiger partial charge in [0.2, 0.25) is 0 Å². The smallest absolute Gasteiger partial charge is 0.280 e. The Bertz CT molecular complexity index is 743. The summed E-state index contributed by atoms with van der Waals surface area (Å²) in [5.41, 5.74) is 6.00. The summed E-state index contributed by atoms with van der Waals surface area (Å²) >= 11 is 0. The van der Waals surface area contributed by atoms with Crippen molar-refractivity contribution in [2.45, 2.75) is 45.6 Å². The molecule has 136 valence electrons. The van der Waals surface area contributed by atoms with Crippen LogP contribution in [0.25, 0.3) is 11.1 Å². The first-order chi connectivity index (χ1) is 12.6. The molecule has 1 atom stereocenters. The van der Waals surface area contributed by atoms with Gasteiger partial charge in [0.25, 0.3) is 5.91 Å². The normalized spacial score (nSPS) is 18.1. The number of carbonyl (C=O) groups is 1. The van der Waals surface area contributed by atoms with E-state index in [1.165, 1.54) is 0 Å². The van der Waals surface area contributed by atoms with Gasteiger partial charge in [0.05, 0.1) is 0 Å². The van der Waals surface area contributed by atoms with Gasteiger partial charge in [0, 0.05) is 5.71 Å². The van der Waals surface area contributed by atoms with E-state index in [0.717, 1.165) is 48.4 Å². The summed E-state index contributed by atoms with van der Waals surface area (Å²) in [7, 11) is 0. The molecule has 1 amide bonds. The molecule has 3 rings (SSSR count). The van der Waals surface area contributed by atoms with Gasteiger partial charge in [-0.2, -0.15) is 5.10 Å². The van der Waals surface area contributed by atoms with Crippen LogP contribution in [-0.4, -0.2) is 17.7 Å². The molecular weight excluding hydrogens is 324 g/mol. The quantitative estimate of drug-likeness (QED) is 0.787. The summed E-state index contributed by atoms with van der Waals surface area (Å²) < 4.78 is 5.74. The average Bonchev–Trinajstić information content (AvgIpc) is 2.68. The van der Waals surface area contributed by atoms with Gasteiger partial charge >= 0.3 is 0 Å². The molecule has 1 N–H and O–H groups in total. The van der Waals surface area contributed by atoms with Crippen molar-refractivity contribution in [3.05, 3.63) is 54.6 Å². The molecule has 1 aliphatic carbocycles. The Morgan fingerprint density at radius 2 is 1.65 bits per heavy atom. The molecule has 0 saturated heterocycles. The maximum absolute atomic E-state index is 12.2. The fourth-order valence-corrected chi connectivity index (χ4v) is 3.05. The molecule has 26 heavy (non-hydrogen) atoms. The van der Waals surface area contributed by atoms with Crippen LogP contribution in [0.1, 0.15) is 39.5 Å². The molecule has 1 aliphatic rings. The first-order valence-corrected chi connectivity index (χ1v) is 9.29. The monoisotopic (exact) mass is 350 g/mol. The van der Waals surface area contributed by atoms with E-state index in [9.17, 15) is 4.79 Å². The summed E-state index contributed by atoms with van der Waals surface area (Å²) in [6, 6.07) is 17.9. The lowest BCUT2D eigenvalue weighted by atomic mass is 9.90. The number of amides is 1. The Balaban J connectivity index is 1.53. The van der Waals surface area contributed by atoms with Crippen LogP contribution in [-0.2, 0) is 4.79 Å². The van der Waals surface area contributed by atoms with Crippen LogP contribution in [0.3, 0.4) is 0 Å². The van der Waals surface area contributed by atoms with E-state index in [0.29, 0.717) is 5.75 Å². The Morgan fingerprint density at radius 1 is 1.04 bits per heavy atom. The number of hydrogen-bond donors (Lipinski definition) is 1. The van der Waals surface area contributed by atoms with Crippen LogP contribution in [0, 0.1) is 5.92 Å². The molecule has 0 unspecified atom stereocenters. The van der Waals surface area contributed by atoms with Gasteiger partial charge in [-0.05, 0) is 61.8 Å². The van der Waals surface area contributed by atoms with Crippen LogP contribution in [0.2, 0.25) is 0 Å². The fraction of sp³-hybridized carbons (Fsp3) is 0.364. The molecular formula is C22H26N2O2. The van der Waals surface area contributed by atoms with Crippen molar-refractivity contribution in [2.24, 2.45) is 11.0 Å². The third kappa shape index (κ3) is 4.94. The number of ether oxygens (including phenoxy) is 1. The lowest BCUT2D eigenvalue weighted by Crippen LogP contribution is -2.34. The minimum Gasteiger partial charge on any atom is -0.481 e. The molecule has 4 heteroatoms. The third-order valence-corrected chi connectivity index (χ3v) is 4.82. The van der Waals surface area contributed by atoms with Crippen LogP contribution >= 0.6 is 0 Å². The van der Waals surface area contributed by atoms with Gasteiger partial charge < -0.3 is 4.74 Å². The summed E-state index contributed by atoms with van der Waals surface area (Å²) in [5.74, 6) is 1.21. The Kier molecular flexibility index (Phi) is 6.05. The Morgan fingerprint density at radius 3 is 2.31 bits per heavy atom. The molecule has 0 heterocycles. The van der Waals surface area contributed by atoms with Crippen molar-refractivity contribution in [2.75, 3.05) is 0 Å². The number of benzene rings is 2. The van der Waals surface area contributed by atoms with Gasteiger partial charge in [0.15, 0.2) is 6.10 Å². The van der Waals surface area contributed by atoms with Crippen molar-refractivity contribution in [1.82, 2.24) is 5.43 Å². The zero-order valence-electron chi connectivity index (χ0n) is 15.4. The second kappa shape index (κ2) is 8.65. The summed E-state index contributed by atoms with van der Waals surface area (Å²) in [4.78, 5) is 12.2. The highest BCUT2D eigenvalue weighted by atomic mass is 16.5. The number of hydrogen-bond acceptors (Lipinski definition) is 3. The molecule has 1 saturated carbocycles. The van der Waals surface area contributed by atoms with Crippen LogP contribution in [0.15, 0.2) is 59.7 Å². The van der Waals surface area contributed by atoms with Crippen molar-refractivity contribution in [3.8, 4) is 16.9 Å². The summed E-state index contributed by atoms with van der Waals surface area (Å²) in [6.45, 7) is 4.00. The van der Waals surface area contributed by atoms with E-state index < -0.39 is 6.10 Å². The minimum atomic E-state index is -0.593. The van der Waals surface area contributed by atoms with Crippen molar-refractivity contribution in [3.63, 3.8) is 0 Å². The minimum absolute atomic E-state index is 0.219. The largest absolute Gasteiger partial charge is 0.481 e. The molecule has 0 spiro atoms. The van der Waals surface area contributed by atoms with Gasteiger partial charge in [0.1, 0.15) is 5.75 Å². The summed E-state index contributed by atoms with van der Waals surface area (Å²) in [6.07, 6.45) is 3.64. The number of rotatable bonds is 5. The standard InChI is InChI=1S/C22H26N2O2/c1-16-8-12-20(13-9-16)23-24-22(25)17(2)26-21-14-10-19(11-15-21)18-6-4-3-5-7-18/h3-7,10-11,14-17H,8-9,12-13H2,1-2H3,(H,24,25)/t16?,17-/m1/s1. The van der Waals surface area contributed by atoms with Crippen molar-refractivity contribution < 1.29 is 9.53 Å². The lowest BCUT2D eigenvalue weighted by molar-refractivity contribution is -0.127. The van der Waals surface area contributed by atoms with E-state index in [-0.39, 0.29) is 5.91 Å². The van der Waals surface area contributed by atoms with Gasteiger partial charge in [-0.25, -0.2) is 5.43 Å². The molecule has 0 aromatic heterocycles. The van der Waals surface area contributed by atoms with E-state index in [4.69, 9.17) is 4.74 Å². The zero-order valence-corrected chi connectivity index (χ0v) is 15.4. The summed E-state index contributed by atoms with van der Waals surface area (Å²) in [5, 5.41) is 4.27. The van der Waals surface area contributed by atoms with Crippen LogP contribution in [0.5, 0.6) is 5.75 Å².